The van der Waals surface area contributed by atoms with Gasteiger partial charge in [0.15, 0.2) is 0 Å². The predicted octanol–water partition coefficient (Wildman–Crippen LogP) is 4.68. The maximum Gasteiger partial charge on any atom is 0.266 e. The van der Waals surface area contributed by atoms with Crippen LogP contribution in [0.5, 0.6) is 0 Å². The zero-order valence-electron chi connectivity index (χ0n) is 17.1. The Balaban J connectivity index is 1.28. The van der Waals surface area contributed by atoms with Crippen molar-refractivity contribution in [2.45, 2.75) is 18.9 Å². The molecule has 0 saturated carbocycles. The van der Waals surface area contributed by atoms with Gasteiger partial charge in [0, 0.05) is 17.1 Å². The van der Waals surface area contributed by atoms with Crippen LogP contribution >= 0.6 is 11.6 Å². The molecule has 1 aliphatic heterocycles. The highest BCUT2D eigenvalue weighted by Gasteiger charge is 2.45. The number of nitrogens with two attached hydrogens (primary N) is 1. The molecule has 0 aliphatic carbocycles. The summed E-state index contributed by atoms with van der Waals surface area (Å²) >= 11 is 5.87. The Morgan fingerprint density at radius 1 is 1.09 bits per heavy atom. The molecule has 2 amide bonds. The van der Waals surface area contributed by atoms with E-state index in [2.05, 4.69) is 10.7 Å². The molecule has 1 atom stereocenters. The number of hydrogen-bond acceptors (Lipinski definition) is 4. The quantitative estimate of drug-likeness (QED) is 0.325. The molecular weight excluding hydrogens is 431 g/mol. The van der Waals surface area contributed by atoms with E-state index in [1.807, 2.05) is 0 Å². The second-order valence-electron chi connectivity index (χ2n) is 7.52. The molecule has 32 heavy (non-hydrogen) atoms. The first-order valence-electron chi connectivity index (χ1n) is 10.2. The van der Waals surface area contributed by atoms with Crippen LogP contribution in [-0.2, 0) is 4.79 Å². The number of carbonyl (C=O) groups excluding carboxylic acids is 2. The van der Waals surface area contributed by atoms with Gasteiger partial charge in [-0.05, 0) is 66.4 Å². The van der Waals surface area contributed by atoms with Crippen molar-refractivity contribution in [3.63, 3.8) is 0 Å². The summed E-state index contributed by atoms with van der Waals surface area (Å²) in [4.78, 5) is 23.6. The van der Waals surface area contributed by atoms with E-state index in [1.165, 1.54) is 6.07 Å². The van der Waals surface area contributed by atoms with E-state index in [1.54, 1.807) is 65.7 Å². The van der Waals surface area contributed by atoms with Crippen LogP contribution in [0.4, 0.5) is 15.8 Å². The van der Waals surface area contributed by atoms with Crippen LogP contribution in [0.3, 0.4) is 0 Å². The first-order valence-corrected chi connectivity index (χ1v) is 10.6. The second kappa shape index (κ2) is 9.28. The topological polar surface area (TPSA) is 87.2 Å². The van der Waals surface area contributed by atoms with Gasteiger partial charge in [0.05, 0.1) is 11.4 Å². The molecule has 0 aromatic heterocycles. The summed E-state index contributed by atoms with van der Waals surface area (Å²) in [6.07, 6.45) is 1.35. The average Bonchev–Trinajstić information content (AvgIpc) is 3.40. The molecule has 1 fully saturated rings. The summed E-state index contributed by atoms with van der Waals surface area (Å²) in [6, 6.07) is 18.5. The van der Waals surface area contributed by atoms with Crippen molar-refractivity contribution < 1.29 is 14.0 Å². The minimum atomic E-state index is -0.558. The van der Waals surface area contributed by atoms with Gasteiger partial charge in [-0.2, -0.15) is 0 Å². The van der Waals surface area contributed by atoms with Crippen LogP contribution in [-0.4, -0.2) is 29.4 Å². The summed E-state index contributed by atoms with van der Waals surface area (Å²) in [7, 11) is 0. The lowest BCUT2D eigenvalue weighted by molar-refractivity contribution is -0.113. The molecule has 6 nitrogen and oxygen atoms in total. The molecular formula is C24H22ClFN4O2. The molecule has 4 N–H and O–H groups in total. The van der Waals surface area contributed by atoms with Gasteiger partial charge in [0.2, 0.25) is 5.91 Å². The SMILES string of the molecule is NC(=O)c1ccccc1-c1ccc(NCCCC2C(=O)N2Nc2ccc(Cl)cc2)c(F)c1. The number of rotatable bonds is 9. The number of primary amides is 1. The van der Waals surface area contributed by atoms with Crippen LogP contribution in [0.25, 0.3) is 11.1 Å². The number of nitrogens with one attached hydrogen (secondary N) is 2. The Morgan fingerprint density at radius 3 is 2.56 bits per heavy atom. The van der Waals surface area contributed by atoms with Crippen LogP contribution < -0.4 is 16.5 Å². The Bertz CT molecular complexity index is 1150. The standard InChI is InChI=1S/C24H22ClFN4O2/c25-16-8-10-17(11-9-16)29-30-22(24(30)32)6-3-13-28-21-12-7-15(14-20(21)26)18-4-1-2-5-19(18)23(27)31/h1-2,4-5,7-12,14,22,28-29H,3,6,13H2,(H2,27,31). The molecule has 164 valence electrons. The number of benzene rings is 3. The Kier molecular flexibility index (Phi) is 6.28. The van der Waals surface area contributed by atoms with Gasteiger partial charge in [-0.25, -0.2) is 9.40 Å². The van der Waals surface area contributed by atoms with E-state index in [0.29, 0.717) is 46.8 Å². The lowest BCUT2D eigenvalue weighted by Gasteiger charge is -2.11. The molecule has 3 aromatic rings. The fraction of sp³-hybridized carbons (Fsp3) is 0.167. The third kappa shape index (κ3) is 4.84. The summed E-state index contributed by atoms with van der Waals surface area (Å²) in [5.74, 6) is -0.948. The smallest absolute Gasteiger partial charge is 0.266 e. The fourth-order valence-corrected chi connectivity index (χ4v) is 3.69. The van der Waals surface area contributed by atoms with Crippen LogP contribution in [0.15, 0.2) is 66.7 Å². The van der Waals surface area contributed by atoms with Gasteiger partial charge < -0.3 is 11.1 Å². The number of hydrazine groups is 1. The third-order valence-electron chi connectivity index (χ3n) is 5.30. The van der Waals surface area contributed by atoms with Crippen LogP contribution in [0, 0.1) is 5.82 Å². The summed E-state index contributed by atoms with van der Waals surface area (Å²) in [6.45, 7) is 0.521. The molecule has 0 radical (unpaired) electrons. The Morgan fingerprint density at radius 2 is 1.84 bits per heavy atom. The molecule has 8 heteroatoms. The minimum absolute atomic E-state index is 0.0311. The number of anilines is 2. The van der Waals surface area contributed by atoms with Crippen molar-refractivity contribution in [2.24, 2.45) is 5.73 Å². The van der Waals surface area contributed by atoms with Gasteiger partial charge in [-0.15, -0.1) is 0 Å². The fourth-order valence-electron chi connectivity index (χ4n) is 3.56. The van der Waals surface area contributed by atoms with Crippen molar-refractivity contribution in [1.29, 1.82) is 0 Å². The Hall–Kier alpha value is -3.58. The Labute approximate surface area is 190 Å². The maximum atomic E-state index is 14.6. The van der Waals surface area contributed by atoms with Crippen molar-refractivity contribution in [1.82, 2.24) is 5.01 Å². The van der Waals surface area contributed by atoms with E-state index >= 15 is 0 Å². The minimum Gasteiger partial charge on any atom is -0.383 e. The number of halogens is 2. The highest BCUT2D eigenvalue weighted by atomic mass is 35.5. The monoisotopic (exact) mass is 452 g/mol. The molecule has 0 spiro atoms. The van der Waals surface area contributed by atoms with Crippen molar-refractivity contribution in [2.75, 3.05) is 17.3 Å². The van der Waals surface area contributed by atoms with Crippen LogP contribution in [0.2, 0.25) is 5.02 Å². The van der Waals surface area contributed by atoms with Crippen LogP contribution in [0.1, 0.15) is 23.2 Å². The second-order valence-corrected chi connectivity index (χ2v) is 7.95. The van der Waals surface area contributed by atoms with E-state index in [9.17, 15) is 14.0 Å². The van der Waals surface area contributed by atoms with E-state index < -0.39 is 11.7 Å². The zero-order chi connectivity index (χ0) is 22.7. The summed E-state index contributed by atoms with van der Waals surface area (Å²) in [5, 5.41) is 5.28. The van der Waals surface area contributed by atoms with E-state index in [0.717, 1.165) is 5.69 Å². The molecule has 3 aromatic carbocycles. The molecule has 1 aliphatic rings. The maximum absolute atomic E-state index is 14.6. The molecule has 1 unspecified atom stereocenters. The van der Waals surface area contributed by atoms with Gasteiger partial charge in [-0.3, -0.25) is 15.0 Å². The van der Waals surface area contributed by atoms with Gasteiger partial charge in [-0.1, -0.05) is 35.9 Å². The highest BCUT2D eigenvalue weighted by molar-refractivity contribution is 6.30. The molecule has 1 heterocycles. The number of hydrogen-bond donors (Lipinski definition) is 3. The molecule has 4 rings (SSSR count). The normalized spacial score (nSPS) is 14.9. The predicted molar refractivity (Wildman–Crippen MR) is 124 cm³/mol. The number of nitrogens with zero attached hydrogens (tertiary/aromatic N) is 1. The van der Waals surface area contributed by atoms with Gasteiger partial charge in [0.1, 0.15) is 11.9 Å². The molecule has 1 saturated heterocycles. The first-order chi connectivity index (χ1) is 15.4. The van der Waals surface area contributed by atoms with Crippen molar-refractivity contribution in [3.05, 3.63) is 83.1 Å². The molecule has 0 bridgehead atoms. The zero-order valence-corrected chi connectivity index (χ0v) is 17.9. The van der Waals surface area contributed by atoms with Crippen molar-refractivity contribution >= 4 is 34.8 Å². The summed E-state index contributed by atoms with van der Waals surface area (Å²) < 4.78 is 14.6. The van der Waals surface area contributed by atoms with E-state index in [4.69, 9.17) is 17.3 Å². The number of amides is 2. The average molecular weight is 453 g/mol. The summed E-state index contributed by atoms with van der Waals surface area (Å²) in [5.41, 5.74) is 11.1. The van der Waals surface area contributed by atoms with Gasteiger partial charge in [0.25, 0.3) is 5.91 Å². The largest absolute Gasteiger partial charge is 0.383 e. The first kappa shape index (κ1) is 21.6. The number of carbonyl (C=O) groups is 2. The lowest BCUT2D eigenvalue weighted by atomic mass is 9.99. The van der Waals surface area contributed by atoms with Gasteiger partial charge >= 0.3 is 0 Å². The highest BCUT2D eigenvalue weighted by Crippen LogP contribution is 2.28. The van der Waals surface area contributed by atoms with Crippen molar-refractivity contribution in [3.8, 4) is 11.1 Å². The van der Waals surface area contributed by atoms with E-state index in [-0.39, 0.29) is 11.9 Å². The lowest BCUT2D eigenvalue weighted by Crippen LogP contribution is -2.12. The third-order valence-corrected chi connectivity index (χ3v) is 5.55.